The van der Waals surface area contributed by atoms with Crippen molar-refractivity contribution in [3.05, 3.63) is 59.2 Å². The van der Waals surface area contributed by atoms with E-state index in [1.165, 1.54) is 18.2 Å². The van der Waals surface area contributed by atoms with Gasteiger partial charge in [0.25, 0.3) is 21.9 Å². The first-order valence-electron chi connectivity index (χ1n) is 8.30. The Morgan fingerprint density at radius 2 is 1.53 bits per heavy atom. The van der Waals surface area contributed by atoms with Crippen LogP contribution >= 0.6 is 0 Å². The minimum absolute atomic E-state index is 0.0337. The van der Waals surface area contributed by atoms with Gasteiger partial charge in [-0.15, -0.1) is 0 Å². The molecule has 0 aromatic heterocycles. The van der Waals surface area contributed by atoms with Crippen molar-refractivity contribution in [3.63, 3.8) is 0 Å². The molecular formula is C19H12N2O8S. The van der Waals surface area contributed by atoms with Gasteiger partial charge in [0, 0.05) is 27.6 Å². The minimum atomic E-state index is -4.70. The highest BCUT2D eigenvalue weighted by atomic mass is 32.2. The van der Waals surface area contributed by atoms with Crippen molar-refractivity contribution in [3.8, 4) is 5.75 Å². The van der Waals surface area contributed by atoms with Crippen LogP contribution in [0.2, 0.25) is 0 Å². The van der Waals surface area contributed by atoms with E-state index in [4.69, 9.17) is 5.73 Å². The van der Waals surface area contributed by atoms with Crippen LogP contribution in [0.1, 0.15) is 31.1 Å². The minimum Gasteiger partial charge on any atom is -0.507 e. The molecule has 4 rings (SSSR count). The second-order valence-corrected chi connectivity index (χ2v) is 7.88. The van der Waals surface area contributed by atoms with Crippen molar-refractivity contribution < 1.29 is 37.6 Å². The number of aromatic carboxylic acids is 1. The highest BCUT2D eigenvalue weighted by molar-refractivity contribution is 7.86. The maximum Gasteiger partial charge on any atom is 0.339 e. The SMILES string of the molecule is Nc1ccc2c3c(ccc(S(=O)(=O)O)c13)C(=O)N(c1ccc(O)c(C(=O)O)c1)C2=O. The summed E-state index contributed by atoms with van der Waals surface area (Å²) in [5.74, 6) is -3.71. The number of anilines is 2. The number of carbonyl (C=O) groups is 3. The molecule has 3 aromatic rings. The Kier molecular flexibility index (Phi) is 4.05. The first kappa shape index (κ1) is 19.4. The van der Waals surface area contributed by atoms with E-state index in [0.29, 0.717) is 4.90 Å². The molecule has 1 heterocycles. The lowest BCUT2D eigenvalue weighted by atomic mass is 9.92. The summed E-state index contributed by atoms with van der Waals surface area (Å²) in [5.41, 5.74) is 5.07. The number of hydrogen-bond acceptors (Lipinski definition) is 7. The van der Waals surface area contributed by atoms with Crippen LogP contribution in [-0.4, -0.2) is 41.0 Å². The van der Waals surface area contributed by atoms with E-state index < -0.39 is 44.1 Å². The zero-order valence-corrected chi connectivity index (χ0v) is 15.7. The second kappa shape index (κ2) is 6.27. The van der Waals surface area contributed by atoms with Crippen molar-refractivity contribution in [2.75, 3.05) is 10.6 Å². The molecule has 0 saturated carbocycles. The third-order valence-electron chi connectivity index (χ3n) is 4.77. The molecule has 3 aromatic carbocycles. The third kappa shape index (κ3) is 2.68. The highest BCUT2D eigenvalue weighted by Gasteiger charge is 2.36. The number of phenols is 1. The molecule has 0 unspecified atom stereocenters. The molecule has 1 aliphatic rings. The summed E-state index contributed by atoms with van der Waals surface area (Å²) < 4.78 is 33.0. The molecule has 0 spiro atoms. The van der Waals surface area contributed by atoms with Gasteiger partial charge in [-0.2, -0.15) is 8.42 Å². The number of aromatic hydroxyl groups is 1. The number of hydrogen-bond donors (Lipinski definition) is 4. The maximum absolute atomic E-state index is 13.1. The first-order chi connectivity index (χ1) is 14.0. The molecule has 0 saturated heterocycles. The Morgan fingerprint density at radius 3 is 2.10 bits per heavy atom. The van der Waals surface area contributed by atoms with E-state index in [0.717, 1.165) is 24.3 Å². The van der Waals surface area contributed by atoms with Gasteiger partial charge < -0.3 is 15.9 Å². The Bertz CT molecular complexity index is 1390. The highest BCUT2D eigenvalue weighted by Crippen LogP contribution is 2.39. The quantitative estimate of drug-likeness (QED) is 0.276. The number of carboxylic acids is 1. The van der Waals surface area contributed by atoms with Crippen LogP contribution in [0.4, 0.5) is 11.4 Å². The van der Waals surface area contributed by atoms with Gasteiger partial charge in [-0.3, -0.25) is 14.1 Å². The normalized spacial score (nSPS) is 13.7. The molecule has 5 N–H and O–H groups in total. The average Bonchev–Trinajstić information content (AvgIpc) is 2.67. The molecule has 1 aliphatic heterocycles. The number of rotatable bonds is 3. The molecular weight excluding hydrogens is 416 g/mol. The molecule has 152 valence electrons. The van der Waals surface area contributed by atoms with Gasteiger partial charge in [0.1, 0.15) is 16.2 Å². The first-order valence-corrected chi connectivity index (χ1v) is 9.74. The summed E-state index contributed by atoms with van der Waals surface area (Å²) in [7, 11) is -4.70. The summed E-state index contributed by atoms with van der Waals surface area (Å²) in [6.45, 7) is 0. The van der Waals surface area contributed by atoms with Gasteiger partial charge in [0.05, 0.1) is 5.69 Å². The molecule has 30 heavy (non-hydrogen) atoms. The summed E-state index contributed by atoms with van der Waals surface area (Å²) in [5, 5.41) is 18.7. The van der Waals surface area contributed by atoms with E-state index in [-0.39, 0.29) is 33.3 Å². The third-order valence-corrected chi connectivity index (χ3v) is 5.66. The Morgan fingerprint density at radius 1 is 0.933 bits per heavy atom. The predicted octanol–water partition coefficient (Wildman–Crippen LogP) is 1.87. The van der Waals surface area contributed by atoms with Crippen LogP contribution < -0.4 is 10.6 Å². The molecule has 11 heteroatoms. The van der Waals surface area contributed by atoms with E-state index in [2.05, 4.69) is 0 Å². The van der Waals surface area contributed by atoms with Gasteiger partial charge in [-0.1, -0.05) is 0 Å². The number of carbonyl (C=O) groups excluding carboxylic acids is 2. The second-order valence-electron chi connectivity index (χ2n) is 6.49. The van der Waals surface area contributed by atoms with E-state index >= 15 is 0 Å². The van der Waals surface area contributed by atoms with E-state index in [1.807, 2.05) is 0 Å². The van der Waals surface area contributed by atoms with Crippen molar-refractivity contribution >= 4 is 50.0 Å². The molecule has 0 bridgehead atoms. The number of nitrogen functional groups attached to an aromatic ring is 1. The molecule has 2 amide bonds. The number of imide groups is 1. The lowest BCUT2D eigenvalue weighted by molar-refractivity contribution is 0.0692. The summed E-state index contributed by atoms with van der Waals surface area (Å²) in [6.07, 6.45) is 0. The number of amides is 2. The lowest BCUT2D eigenvalue weighted by Gasteiger charge is -2.28. The molecule has 0 aliphatic carbocycles. The van der Waals surface area contributed by atoms with Crippen LogP contribution in [0.3, 0.4) is 0 Å². The number of benzene rings is 3. The predicted molar refractivity (Wildman–Crippen MR) is 104 cm³/mol. The van der Waals surface area contributed by atoms with Crippen LogP contribution in [0.25, 0.3) is 10.8 Å². The standard InChI is InChI=1S/C19H12N2O8S/c20-12-4-2-9-15-10(3-6-14(16(12)15)30(27,28)29)18(24)21(17(9)23)8-1-5-13(22)11(7-8)19(25)26/h1-7,22H,20H2,(H,25,26)(H,27,28,29). The van der Waals surface area contributed by atoms with Crippen LogP contribution in [0, 0.1) is 0 Å². The van der Waals surface area contributed by atoms with Crippen molar-refractivity contribution in [2.45, 2.75) is 4.90 Å². The summed E-state index contributed by atoms with van der Waals surface area (Å²) in [4.78, 5) is 37.7. The Hall–Kier alpha value is -3.96. The number of carboxylic acid groups (broad SMARTS) is 1. The zero-order valence-electron chi connectivity index (χ0n) is 14.9. The zero-order chi connectivity index (χ0) is 22.0. The largest absolute Gasteiger partial charge is 0.507 e. The fourth-order valence-electron chi connectivity index (χ4n) is 3.46. The fraction of sp³-hybridized carbons (Fsp3) is 0. The topological polar surface area (TPSA) is 175 Å². The van der Waals surface area contributed by atoms with Gasteiger partial charge >= 0.3 is 5.97 Å². The number of nitrogens with two attached hydrogens (primary N) is 1. The Labute approximate surface area is 168 Å². The smallest absolute Gasteiger partial charge is 0.339 e. The fourth-order valence-corrected chi connectivity index (χ4v) is 4.18. The van der Waals surface area contributed by atoms with Crippen molar-refractivity contribution in [2.24, 2.45) is 0 Å². The Balaban J connectivity index is 2.01. The molecule has 0 fully saturated rings. The van der Waals surface area contributed by atoms with Gasteiger partial charge in [0.15, 0.2) is 0 Å². The number of nitrogens with zero attached hydrogens (tertiary/aromatic N) is 1. The van der Waals surface area contributed by atoms with Gasteiger partial charge in [0.2, 0.25) is 0 Å². The van der Waals surface area contributed by atoms with Gasteiger partial charge in [-0.05, 0) is 42.5 Å². The maximum atomic E-state index is 13.1. The summed E-state index contributed by atoms with van der Waals surface area (Å²) >= 11 is 0. The van der Waals surface area contributed by atoms with Crippen LogP contribution in [0.15, 0.2) is 47.4 Å². The van der Waals surface area contributed by atoms with Gasteiger partial charge in [-0.25, -0.2) is 9.69 Å². The van der Waals surface area contributed by atoms with E-state index in [9.17, 15) is 37.6 Å². The lowest BCUT2D eigenvalue weighted by Crippen LogP contribution is -2.40. The molecule has 0 atom stereocenters. The average molecular weight is 428 g/mol. The summed E-state index contributed by atoms with van der Waals surface area (Å²) in [6, 6.07) is 7.90. The molecule has 0 radical (unpaired) electrons. The molecule has 10 nitrogen and oxygen atoms in total. The van der Waals surface area contributed by atoms with Crippen molar-refractivity contribution in [1.82, 2.24) is 0 Å². The monoisotopic (exact) mass is 428 g/mol. The van der Waals surface area contributed by atoms with Crippen molar-refractivity contribution in [1.29, 1.82) is 0 Å². The van der Waals surface area contributed by atoms with Crippen LogP contribution in [0.5, 0.6) is 5.75 Å². The van der Waals surface area contributed by atoms with E-state index in [1.54, 1.807) is 0 Å². The van der Waals surface area contributed by atoms with Crippen LogP contribution in [-0.2, 0) is 10.1 Å².